The van der Waals surface area contributed by atoms with Crippen LogP contribution in [0.1, 0.15) is 9.75 Å². The highest BCUT2D eigenvalue weighted by molar-refractivity contribution is 7.11. The molecule has 5 heteroatoms. The smallest absolute Gasteiger partial charge is 0.139 e. The quantitative estimate of drug-likeness (QED) is 0.905. The lowest BCUT2D eigenvalue weighted by molar-refractivity contribution is 0.308. The Morgan fingerprint density at radius 1 is 1.35 bits per heavy atom. The predicted octanol–water partition coefficient (Wildman–Crippen LogP) is 3.09. The highest BCUT2D eigenvalue weighted by Crippen LogP contribution is 2.20. The molecule has 2 rings (SSSR count). The predicted molar refractivity (Wildman–Crippen MR) is 70.7 cm³/mol. The van der Waals surface area contributed by atoms with Gasteiger partial charge in [0.2, 0.25) is 0 Å². The Bertz CT molecular complexity index is 487. The van der Waals surface area contributed by atoms with Crippen molar-refractivity contribution in [2.45, 2.75) is 13.2 Å². The van der Waals surface area contributed by atoms with E-state index in [4.69, 9.17) is 16.3 Å². The van der Waals surface area contributed by atoms with Crippen LogP contribution >= 0.6 is 22.9 Å². The van der Waals surface area contributed by atoms with Crippen LogP contribution in [0.15, 0.2) is 30.6 Å². The lowest BCUT2D eigenvalue weighted by Gasteiger charge is -2.03. The minimum atomic E-state index is 0.552. The first-order chi connectivity index (χ1) is 8.28. The molecule has 0 atom stereocenters. The van der Waals surface area contributed by atoms with Crippen LogP contribution in [-0.4, -0.2) is 12.0 Å². The fourth-order valence-corrected chi connectivity index (χ4v) is 2.50. The first-order valence-corrected chi connectivity index (χ1v) is 6.43. The third kappa shape index (κ3) is 3.70. The Morgan fingerprint density at radius 2 is 2.18 bits per heavy atom. The molecule has 0 bridgehead atoms. The minimum absolute atomic E-state index is 0.552. The molecule has 2 heterocycles. The van der Waals surface area contributed by atoms with E-state index in [0.717, 1.165) is 6.54 Å². The highest BCUT2D eigenvalue weighted by Gasteiger charge is 2.01. The summed E-state index contributed by atoms with van der Waals surface area (Å²) < 4.78 is 5.61. The second-order valence-corrected chi connectivity index (χ2v) is 5.22. The van der Waals surface area contributed by atoms with Crippen molar-refractivity contribution in [3.05, 3.63) is 45.4 Å². The Labute approximate surface area is 109 Å². The van der Waals surface area contributed by atoms with Gasteiger partial charge < -0.3 is 10.1 Å². The van der Waals surface area contributed by atoms with Gasteiger partial charge in [-0.3, -0.25) is 4.98 Å². The molecule has 0 aliphatic heterocycles. The first-order valence-electron chi connectivity index (χ1n) is 5.23. The van der Waals surface area contributed by atoms with Crippen LogP contribution in [0.2, 0.25) is 5.02 Å². The number of nitrogens with one attached hydrogen (secondary N) is 1. The van der Waals surface area contributed by atoms with E-state index in [-0.39, 0.29) is 0 Å². The molecule has 0 unspecified atom stereocenters. The van der Waals surface area contributed by atoms with E-state index in [0.29, 0.717) is 17.4 Å². The average molecular weight is 269 g/mol. The molecule has 0 radical (unpaired) electrons. The molecule has 17 heavy (non-hydrogen) atoms. The van der Waals surface area contributed by atoms with Crippen LogP contribution in [0.5, 0.6) is 5.75 Å². The third-order valence-corrected chi connectivity index (χ3v) is 3.39. The van der Waals surface area contributed by atoms with E-state index >= 15 is 0 Å². The molecule has 2 aromatic heterocycles. The summed E-state index contributed by atoms with van der Waals surface area (Å²) in [6.45, 7) is 1.44. The molecule has 0 fully saturated rings. The standard InChI is InChI=1S/C12H13ClN2OS/c1-14-7-11-2-3-12(17-11)8-16-10-4-9(13)5-15-6-10/h2-6,14H,7-8H2,1H3. The summed E-state index contributed by atoms with van der Waals surface area (Å²) >= 11 is 7.56. The van der Waals surface area contributed by atoms with Crippen molar-refractivity contribution in [2.75, 3.05) is 7.05 Å². The van der Waals surface area contributed by atoms with Gasteiger partial charge in [-0.2, -0.15) is 0 Å². The molecule has 0 aromatic carbocycles. The molecule has 3 nitrogen and oxygen atoms in total. The Morgan fingerprint density at radius 3 is 2.94 bits per heavy atom. The van der Waals surface area contributed by atoms with Crippen LogP contribution in [-0.2, 0) is 13.2 Å². The summed E-state index contributed by atoms with van der Waals surface area (Å²) in [7, 11) is 1.94. The van der Waals surface area contributed by atoms with E-state index in [1.807, 2.05) is 7.05 Å². The maximum Gasteiger partial charge on any atom is 0.139 e. The van der Waals surface area contributed by atoms with E-state index in [2.05, 4.69) is 22.4 Å². The molecule has 90 valence electrons. The summed E-state index contributed by atoms with van der Waals surface area (Å²) in [5, 5.41) is 3.71. The Hall–Kier alpha value is -1.10. The highest BCUT2D eigenvalue weighted by atomic mass is 35.5. The Balaban J connectivity index is 1.93. The fourth-order valence-electron chi connectivity index (χ4n) is 1.39. The first kappa shape index (κ1) is 12.4. The summed E-state index contributed by atoms with van der Waals surface area (Å²) in [6, 6.07) is 5.95. The lowest BCUT2D eigenvalue weighted by atomic mass is 10.4. The normalized spacial score (nSPS) is 10.5. The largest absolute Gasteiger partial charge is 0.486 e. The van der Waals surface area contributed by atoms with Gasteiger partial charge in [0.1, 0.15) is 12.4 Å². The molecule has 0 spiro atoms. The van der Waals surface area contributed by atoms with E-state index in [9.17, 15) is 0 Å². The average Bonchev–Trinajstić information content (AvgIpc) is 2.75. The zero-order chi connectivity index (χ0) is 12.1. The lowest BCUT2D eigenvalue weighted by Crippen LogP contribution is -2.02. The van der Waals surface area contributed by atoms with Crippen molar-refractivity contribution >= 4 is 22.9 Å². The van der Waals surface area contributed by atoms with Gasteiger partial charge in [0, 0.05) is 28.6 Å². The number of thiophene rings is 1. The van der Waals surface area contributed by atoms with Crippen molar-refractivity contribution in [2.24, 2.45) is 0 Å². The number of nitrogens with zero attached hydrogens (tertiary/aromatic N) is 1. The van der Waals surface area contributed by atoms with E-state index in [1.54, 1.807) is 29.8 Å². The van der Waals surface area contributed by atoms with Crippen LogP contribution in [0.3, 0.4) is 0 Å². The van der Waals surface area contributed by atoms with E-state index in [1.165, 1.54) is 9.75 Å². The van der Waals surface area contributed by atoms with Gasteiger partial charge in [0.25, 0.3) is 0 Å². The summed E-state index contributed by atoms with van der Waals surface area (Å²) in [5.41, 5.74) is 0. The van der Waals surface area contributed by atoms with Gasteiger partial charge in [-0.05, 0) is 19.2 Å². The number of pyridine rings is 1. The molecule has 0 saturated heterocycles. The molecular weight excluding hydrogens is 256 g/mol. The summed E-state index contributed by atoms with van der Waals surface area (Å²) in [4.78, 5) is 6.46. The van der Waals surface area contributed by atoms with Crippen molar-refractivity contribution in [3.63, 3.8) is 0 Å². The van der Waals surface area contributed by atoms with Gasteiger partial charge in [-0.1, -0.05) is 11.6 Å². The molecule has 1 N–H and O–H groups in total. The van der Waals surface area contributed by atoms with Gasteiger partial charge in [0.15, 0.2) is 0 Å². The second-order valence-electron chi connectivity index (χ2n) is 3.53. The second kappa shape index (κ2) is 6.00. The third-order valence-electron chi connectivity index (χ3n) is 2.13. The number of hydrogen-bond acceptors (Lipinski definition) is 4. The molecular formula is C12H13ClN2OS. The summed E-state index contributed by atoms with van der Waals surface area (Å²) in [5.74, 6) is 0.695. The van der Waals surface area contributed by atoms with Crippen molar-refractivity contribution < 1.29 is 4.74 Å². The van der Waals surface area contributed by atoms with Gasteiger partial charge in [-0.25, -0.2) is 0 Å². The van der Waals surface area contributed by atoms with Gasteiger partial charge in [-0.15, -0.1) is 11.3 Å². The zero-order valence-electron chi connectivity index (χ0n) is 9.44. The zero-order valence-corrected chi connectivity index (χ0v) is 11.0. The van der Waals surface area contributed by atoms with Crippen LogP contribution in [0, 0.1) is 0 Å². The van der Waals surface area contributed by atoms with Crippen LogP contribution in [0.4, 0.5) is 0 Å². The molecule has 0 saturated carbocycles. The molecule has 0 aliphatic rings. The maximum atomic E-state index is 5.82. The fraction of sp³-hybridized carbons (Fsp3) is 0.250. The SMILES string of the molecule is CNCc1ccc(COc2cncc(Cl)c2)s1. The number of aromatic nitrogens is 1. The number of rotatable bonds is 5. The van der Waals surface area contributed by atoms with Crippen molar-refractivity contribution in [1.29, 1.82) is 0 Å². The van der Waals surface area contributed by atoms with Crippen LogP contribution in [0.25, 0.3) is 0 Å². The summed E-state index contributed by atoms with van der Waals surface area (Å²) in [6.07, 6.45) is 3.25. The van der Waals surface area contributed by atoms with Crippen molar-refractivity contribution in [3.8, 4) is 5.75 Å². The minimum Gasteiger partial charge on any atom is -0.486 e. The van der Waals surface area contributed by atoms with Crippen LogP contribution < -0.4 is 10.1 Å². The monoisotopic (exact) mass is 268 g/mol. The number of halogens is 1. The molecule has 2 aromatic rings. The maximum absolute atomic E-state index is 5.82. The topological polar surface area (TPSA) is 34.1 Å². The number of ether oxygens (including phenoxy) is 1. The molecule has 0 aliphatic carbocycles. The van der Waals surface area contributed by atoms with E-state index < -0.39 is 0 Å². The van der Waals surface area contributed by atoms with Gasteiger partial charge >= 0.3 is 0 Å². The van der Waals surface area contributed by atoms with Gasteiger partial charge in [0.05, 0.1) is 11.2 Å². The molecule has 0 amide bonds. The van der Waals surface area contributed by atoms with Crippen molar-refractivity contribution in [1.82, 2.24) is 10.3 Å². The Kier molecular flexibility index (Phi) is 4.36. The number of hydrogen-bond donors (Lipinski definition) is 1.